The zero-order chi connectivity index (χ0) is 15.8. The second-order valence-corrected chi connectivity index (χ2v) is 6.12. The number of carbonyl (C=O) groups is 2. The number of carboxylic acids is 1. The molecule has 2 rings (SSSR count). The van der Waals surface area contributed by atoms with E-state index in [2.05, 4.69) is 29.6 Å². The number of nitrogens with one attached hydrogen (secondary N) is 1. The lowest BCUT2D eigenvalue weighted by atomic mass is 10.1. The van der Waals surface area contributed by atoms with Crippen molar-refractivity contribution >= 4 is 11.9 Å². The summed E-state index contributed by atoms with van der Waals surface area (Å²) in [5.41, 5.74) is 1.35. The molecule has 0 unspecified atom stereocenters. The molecule has 1 aromatic rings. The molecule has 120 valence electrons. The molecular formula is C18H25NO3. The van der Waals surface area contributed by atoms with Crippen LogP contribution in [0.1, 0.15) is 56.4 Å². The van der Waals surface area contributed by atoms with Gasteiger partial charge in [0.2, 0.25) is 5.91 Å². The van der Waals surface area contributed by atoms with E-state index >= 15 is 0 Å². The van der Waals surface area contributed by atoms with Crippen molar-refractivity contribution in [3.63, 3.8) is 0 Å². The molecule has 22 heavy (non-hydrogen) atoms. The third kappa shape index (κ3) is 5.88. The monoisotopic (exact) mass is 303 g/mol. The second kappa shape index (κ2) is 8.57. The molecule has 2 N–H and O–H groups in total. The van der Waals surface area contributed by atoms with Crippen molar-refractivity contribution in [2.24, 2.45) is 5.92 Å². The Morgan fingerprint density at radius 1 is 1.09 bits per heavy atom. The van der Waals surface area contributed by atoms with E-state index in [-0.39, 0.29) is 12.3 Å². The van der Waals surface area contributed by atoms with Gasteiger partial charge < -0.3 is 10.4 Å². The average Bonchev–Trinajstić information content (AvgIpc) is 3.26. The lowest BCUT2D eigenvalue weighted by molar-refractivity contribution is -0.137. The van der Waals surface area contributed by atoms with Gasteiger partial charge in [-0.05, 0) is 36.7 Å². The predicted octanol–water partition coefficient (Wildman–Crippen LogP) is 3.33. The van der Waals surface area contributed by atoms with Crippen molar-refractivity contribution in [2.45, 2.75) is 50.9 Å². The first-order valence-corrected chi connectivity index (χ1v) is 8.20. The Morgan fingerprint density at radius 2 is 1.82 bits per heavy atom. The molecular weight excluding hydrogens is 278 g/mol. The van der Waals surface area contributed by atoms with Crippen LogP contribution in [0, 0.1) is 5.92 Å². The summed E-state index contributed by atoms with van der Waals surface area (Å²) in [5, 5.41) is 11.5. The van der Waals surface area contributed by atoms with Crippen LogP contribution in [0.3, 0.4) is 0 Å². The fourth-order valence-corrected chi connectivity index (χ4v) is 2.87. The minimum Gasteiger partial charge on any atom is -0.481 e. The number of hydrogen-bond donors (Lipinski definition) is 2. The van der Waals surface area contributed by atoms with Gasteiger partial charge in [-0.2, -0.15) is 0 Å². The first-order chi connectivity index (χ1) is 10.7. The summed E-state index contributed by atoms with van der Waals surface area (Å²) in [6.45, 7) is 0.703. The van der Waals surface area contributed by atoms with Crippen LogP contribution in [0.2, 0.25) is 0 Å². The highest BCUT2D eigenvalue weighted by molar-refractivity contribution is 5.76. The molecule has 0 aliphatic heterocycles. The van der Waals surface area contributed by atoms with Crippen LogP contribution in [0.25, 0.3) is 0 Å². The number of benzene rings is 1. The average molecular weight is 303 g/mol. The van der Waals surface area contributed by atoms with Crippen LogP contribution in [0.4, 0.5) is 0 Å². The van der Waals surface area contributed by atoms with Crippen LogP contribution >= 0.6 is 0 Å². The second-order valence-electron chi connectivity index (χ2n) is 6.12. The van der Waals surface area contributed by atoms with E-state index in [4.69, 9.17) is 5.11 Å². The summed E-state index contributed by atoms with van der Waals surface area (Å²) in [6, 6.07) is 10.4. The van der Waals surface area contributed by atoms with Gasteiger partial charge in [0.15, 0.2) is 0 Å². The highest BCUT2D eigenvalue weighted by Gasteiger charge is 2.39. The van der Waals surface area contributed by atoms with Crippen molar-refractivity contribution in [1.29, 1.82) is 0 Å². The van der Waals surface area contributed by atoms with Gasteiger partial charge in [-0.1, -0.05) is 43.2 Å². The molecule has 1 amide bonds. The maximum atomic E-state index is 11.9. The normalized spacial score (nSPS) is 19.6. The van der Waals surface area contributed by atoms with E-state index in [1.165, 1.54) is 5.56 Å². The van der Waals surface area contributed by atoms with Gasteiger partial charge in [0.25, 0.3) is 0 Å². The standard InChI is InChI=1S/C18H25NO3/c20-17(19-11-7-2-1-6-10-18(21)22)13-15-12-16(15)14-8-4-3-5-9-14/h3-5,8-9,15-16H,1-2,6-7,10-13H2,(H,19,20)(H,21,22)/t15-,16-/m0/s1. The first-order valence-electron chi connectivity index (χ1n) is 8.20. The number of carboxylic acid groups (broad SMARTS) is 1. The van der Waals surface area contributed by atoms with Gasteiger partial charge in [-0.15, -0.1) is 0 Å². The Bertz CT molecular complexity index is 486. The summed E-state index contributed by atoms with van der Waals surface area (Å²) < 4.78 is 0. The van der Waals surface area contributed by atoms with Crippen LogP contribution in [0.15, 0.2) is 30.3 Å². The van der Waals surface area contributed by atoms with Crippen LogP contribution in [-0.2, 0) is 9.59 Å². The molecule has 1 aromatic carbocycles. The largest absolute Gasteiger partial charge is 0.481 e. The zero-order valence-electron chi connectivity index (χ0n) is 13.0. The smallest absolute Gasteiger partial charge is 0.303 e. The van der Waals surface area contributed by atoms with E-state index in [1.807, 2.05) is 6.07 Å². The fourth-order valence-electron chi connectivity index (χ4n) is 2.87. The van der Waals surface area contributed by atoms with Crippen molar-refractivity contribution in [2.75, 3.05) is 6.54 Å². The summed E-state index contributed by atoms with van der Waals surface area (Å²) in [7, 11) is 0. The number of hydrogen-bond acceptors (Lipinski definition) is 2. The van der Waals surface area contributed by atoms with Crippen molar-refractivity contribution in [3.05, 3.63) is 35.9 Å². The van der Waals surface area contributed by atoms with E-state index in [0.717, 1.165) is 32.1 Å². The number of rotatable bonds is 10. The van der Waals surface area contributed by atoms with Crippen molar-refractivity contribution in [1.82, 2.24) is 5.32 Å². The fraction of sp³-hybridized carbons (Fsp3) is 0.556. The van der Waals surface area contributed by atoms with Crippen molar-refractivity contribution < 1.29 is 14.7 Å². The van der Waals surface area contributed by atoms with E-state index in [9.17, 15) is 9.59 Å². The van der Waals surface area contributed by atoms with E-state index in [1.54, 1.807) is 0 Å². The highest BCUT2D eigenvalue weighted by atomic mass is 16.4. The summed E-state index contributed by atoms with van der Waals surface area (Å²) in [4.78, 5) is 22.2. The zero-order valence-corrected chi connectivity index (χ0v) is 13.0. The Kier molecular flexibility index (Phi) is 6.44. The molecule has 4 nitrogen and oxygen atoms in total. The molecule has 2 atom stereocenters. The summed E-state index contributed by atoms with van der Waals surface area (Å²) in [5.74, 6) is 0.473. The lowest BCUT2D eigenvalue weighted by Crippen LogP contribution is -2.24. The van der Waals surface area contributed by atoms with E-state index in [0.29, 0.717) is 24.8 Å². The van der Waals surface area contributed by atoms with Crippen LogP contribution < -0.4 is 5.32 Å². The molecule has 0 aromatic heterocycles. The number of aliphatic carboxylic acids is 1. The molecule has 1 saturated carbocycles. The van der Waals surface area contributed by atoms with Gasteiger partial charge in [0.05, 0.1) is 0 Å². The van der Waals surface area contributed by atoms with E-state index < -0.39 is 5.97 Å². The minimum atomic E-state index is -0.731. The lowest BCUT2D eigenvalue weighted by Gasteiger charge is -2.05. The molecule has 1 aliphatic rings. The summed E-state index contributed by atoms with van der Waals surface area (Å²) in [6.07, 6.45) is 5.53. The Hall–Kier alpha value is -1.84. The molecule has 0 bridgehead atoms. The quantitative estimate of drug-likeness (QED) is 0.652. The highest BCUT2D eigenvalue weighted by Crippen LogP contribution is 2.49. The third-order valence-electron chi connectivity index (χ3n) is 4.24. The molecule has 1 fully saturated rings. The van der Waals surface area contributed by atoms with Gasteiger partial charge >= 0.3 is 5.97 Å². The molecule has 4 heteroatoms. The van der Waals surface area contributed by atoms with Gasteiger partial charge in [0.1, 0.15) is 0 Å². The predicted molar refractivity (Wildman–Crippen MR) is 85.6 cm³/mol. The first kappa shape index (κ1) is 16.5. The third-order valence-corrected chi connectivity index (χ3v) is 4.24. The Balaban J connectivity index is 1.50. The minimum absolute atomic E-state index is 0.147. The van der Waals surface area contributed by atoms with Gasteiger partial charge in [-0.25, -0.2) is 0 Å². The molecule has 0 saturated heterocycles. The number of carbonyl (C=O) groups excluding carboxylic acids is 1. The van der Waals surface area contributed by atoms with Crippen LogP contribution in [0.5, 0.6) is 0 Å². The Labute approximate surface area is 131 Å². The van der Waals surface area contributed by atoms with Crippen molar-refractivity contribution in [3.8, 4) is 0 Å². The number of amides is 1. The van der Waals surface area contributed by atoms with Crippen LogP contribution in [-0.4, -0.2) is 23.5 Å². The topological polar surface area (TPSA) is 66.4 Å². The SMILES string of the molecule is O=C(O)CCCCCCNC(=O)C[C@@H]1C[C@H]1c1ccccc1. The number of unbranched alkanes of at least 4 members (excludes halogenated alkanes) is 3. The molecule has 0 heterocycles. The summed E-state index contributed by atoms with van der Waals surface area (Å²) >= 11 is 0. The molecule has 0 spiro atoms. The maximum absolute atomic E-state index is 11.9. The maximum Gasteiger partial charge on any atom is 0.303 e. The van der Waals surface area contributed by atoms with Gasteiger partial charge in [-0.3, -0.25) is 9.59 Å². The van der Waals surface area contributed by atoms with Gasteiger partial charge in [0, 0.05) is 19.4 Å². The Morgan fingerprint density at radius 3 is 2.55 bits per heavy atom. The molecule has 1 aliphatic carbocycles. The molecule has 0 radical (unpaired) electrons.